The van der Waals surface area contributed by atoms with Crippen LogP contribution < -0.4 is 9.47 Å². The van der Waals surface area contributed by atoms with E-state index in [0.29, 0.717) is 28.1 Å². The molecule has 1 atom stereocenters. The van der Waals surface area contributed by atoms with Gasteiger partial charge in [-0.3, -0.25) is 4.79 Å². The van der Waals surface area contributed by atoms with Crippen molar-refractivity contribution in [1.29, 1.82) is 0 Å². The van der Waals surface area contributed by atoms with Crippen molar-refractivity contribution in [3.05, 3.63) is 63.6 Å². The SMILES string of the molecule is COc1ccc(/C=C/C(=O)N2CCSC2c2ccc(Cl)cc2Cl)cc1OC. The molecule has 0 spiro atoms. The molecule has 0 aromatic heterocycles. The number of methoxy groups -OCH3 is 2. The number of benzene rings is 2. The first kappa shape index (κ1) is 19.9. The molecule has 7 heteroatoms. The Hall–Kier alpha value is -1.82. The molecular weight excluding hydrogens is 405 g/mol. The smallest absolute Gasteiger partial charge is 0.247 e. The normalized spacial score (nSPS) is 16.7. The maximum Gasteiger partial charge on any atom is 0.247 e. The lowest BCUT2D eigenvalue weighted by atomic mass is 10.1. The fraction of sp³-hybridized carbons (Fsp3) is 0.250. The molecule has 1 aliphatic rings. The van der Waals surface area contributed by atoms with Gasteiger partial charge >= 0.3 is 0 Å². The van der Waals surface area contributed by atoms with Crippen LogP contribution in [0.4, 0.5) is 0 Å². The molecule has 3 rings (SSSR count). The van der Waals surface area contributed by atoms with Gasteiger partial charge in [-0.15, -0.1) is 11.8 Å². The van der Waals surface area contributed by atoms with Gasteiger partial charge in [-0.05, 0) is 35.9 Å². The maximum absolute atomic E-state index is 12.8. The summed E-state index contributed by atoms with van der Waals surface area (Å²) >= 11 is 14.0. The highest BCUT2D eigenvalue weighted by atomic mass is 35.5. The van der Waals surface area contributed by atoms with Gasteiger partial charge in [-0.2, -0.15) is 0 Å². The van der Waals surface area contributed by atoms with Crippen LogP contribution in [-0.2, 0) is 4.79 Å². The molecule has 2 aromatic rings. The van der Waals surface area contributed by atoms with Crippen LogP contribution in [0.25, 0.3) is 6.08 Å². The molecule has 0 saturated carbocycles. The number of carbonyl (C=O) groups is 1. The summed E-state index contributed by atoms with van der Waals surface area (Å²) in [6.07, 6.45) is 3.35. The minimum absolute atomic E-state index is 0.0641. The van der Waals surface area contributed by atoms with Gasteiger partial charge in [-0.1, -0.05) is 35.3 Å². The molecule has 1 saturated heterocycles. The van der Waals surface area contributed by atoms with E-state index < -0.39 is 0 Å². The number of halogens is 2. The van der Waals surface area contributed by atoms with Gasteiger partial charge in [0.1, 0.15) is 5.37 Å². The highest BCUT2D eigenvalue weighted by molar-refractivity contribution is 7.99. The summed E-state index contributed by atoms with van der Waals surface area (Å²) in [7, 11) is 3.17. The van der Waals surface area contributed by atoms with E-state index >= 15 is 0 Å². The van der Waals surface area contributed by atoms with Crippen LogP contribution in [0.3, 0.4) is 0 Å². The second-order valence-electron chi connectivity index (χ2n) is 5.87. The number of thioether (sulfide) groups is 1. The summed E-state index contributed by atoms with van der Waals surface area (Å²) < 4.78 is 10.5. The summed E-state index contributed by atoms with van der Waals surface area (Å²) in [5, 5.41) is 1.04. The molecular formula is C20H19Cl2NO3S. The number of rotatable bonds is 5. The molecule has 142 valence electrons. The van der Waals surface area contributed by atoms with Gasteiger partial charge in [0.15, 0.2) is 11.5 Å². The molecule has 1 fully saturated rings. The van der Waals surface area contributed by atoms with Crippen LogP contribution >= 0.6 is 35.0 Å². The summed E-state index contributed by atoms with van der Waals surface area (Å²) in [5.41, 5.74) is 1.75. The first-order valence-electron chi connectivity index (χ1n) is 8.30. The predicted molar refractivity (Wildman–Crippen MR) is 112 cm³/mol. The summed E-state index contributed by atoms with van der Waals surface area (Å²) in [6.45, 7) is 0.670. The monoisotopic (exact) mass is 423 g/mol. The molecule has 1 amide bonds. The lowest BCUT2D eigenvalue weighted by molar-refractivity contribution is -0.126. The summed E-state index contributed by atoms with van der Waals surface area (Å²) in [5.74, 6) is 2.06. The fourth-order valence-corrected chi connectivity index (χ4v) is 4.75. The van der Waals surface area contributed by atoms with Gasteiger partial charge < -0.3 is 14.4 Å². The van der Waals surface area contributed by atoms with Crippen LogP contribution in [0.1, 0.15) is 16.5 Å². The zero-order valence-electron chi connectivity index (χ0n) is 14.9. The van der Waals surface area contributed by atoms with Crippen LogP contribution in [-0.4, -0.2) is 37.3 Å². The highest BCUT2D eigenvalue weighted by Gasteiger charge is 2.30. The number of amides is 1. The Morgan fingerprint density at radius 1 is 1.15 bits per heavy atom. The Morgan fingerprint density at radius 3 is 2.63 bits per heavy atom. The number of hydrogen-bond donors (Lipinski definition) is 0. The third kappa shape index (κ3) is 4.54. The second kappa shape index (κ2) is 8.91. The van der Waals surface area contributed by atoms with Crippen LogP contribution in [0.5, 0.6) is 11.5 Å². The predicted octanol–water partition coefficient (Wildman–Crippen LogP) is 5.30. The zero-order chi connectivity index (χ0) is 19.4. The van der Waals surface area contributed by atoms with E-state index in [9.17, 15) is 4.79 Å². The molecule has 4 nitrogen and oxygen atoms in total. The van der Waals surface area contributed by atoms with Crippen molar-refractivity contribution in [3.8, 4) is 11.5 Å². The quantitative estimate of drug-likeness (QED) is 0.611. The van der Waals surface area contributed by atoms with E-state index in [1.54, 1.807) is 50.3 Å². The van der Waals surface area contributed by atoms with Crippen molar-refractivity contribution in [2.24, 2.45) is 0 Å². The van der Waals surface area contributed by atoms with Crippen molar-refractivity contribution in [2.75, 3.05) is 26.5 Å². The first-order chi connectivity index (χ1) is 13.0. The minimum atomic E-state index is -0.114. The Kier molecular flexibility index (Phi) is 6.58. The summed E-state index contributed by atoms with van der Waals surface area (Å²) in [4.78, 5) is 14.6. The lowest BCUT2D eigenvalue weighted by Crippen LogP contribution is -2.28. The highest BCUT2D eigenvalue weighted by Crippen LogP contribution is 2.41. The van der Waals surface area contributed by atoms with E-state index in [-0.39, 0.29) is 11.3 Å². The maximum atomic E-state index is 12.8. The Bertz CT molecular complexity index is 872. The average molecular weight is 424 g/mol. The molecule has 0 N–H and O–H groups in total. The minimum Gasteiger partial charge on any atom is -0.493 e. The van der Waals surface area contributed by atoms with E-state index in [1.807, 2.05) is 29.2 Å². The van der Waals surface area contributed by atoms with Crippen LogP contribution in [0.15, 0.2) is 42.5 Å². The zero-order valence-corrected chi connectivity index (χ0v) is 17.3. The molecule has 0 bridgehead atoms. The van der Waals surface area contributed by atoms with E-state index in [1.165, 1.54) is 0 Å². The molecule has 0 radical (unpaired) electrons. The third-order valence-corrected chi connectivity index (χ3v) is 6.03. The largest absolute Gasteiger partial charge is 0.493 e. The van der Waals surface area contributed by atoms with Crippen LogP contribution in [0.2, 0.25) is 10.0 Å². The van der Waals surface area contributed by atoms with Gasteiger partial charge in [0.25, 0.3) is 0 Å². The molecule has 0 aliphatic carbocycles. The van der Waals surface area contributed by atoms with Gasteiger partial charge in [0.2, 0.25) is 5.91 Å². The lowest BCUT2D eigenvalue weighted by Gasteiger charge is -2.23. The van der Waals surface area contributed by atoms with Crippen molar-refractivity contribution >= 4 is 46.9 Å². The van der Waals surface area contributed by atoms with Gasteiger partial charge in [0.05, 0.1) is 14.2 Å². The Balaban J connectivity index is 1.77. The average Bonchev–Trinajstić information content (AvgIpc) is 3.15. The summed E-state index contributed by atoms with van der Waals surface area (Å²) in [6, 6.07) is 10.9. The second-order valence-corrected chi connectivity index (χ2v) is 7.90. The van der Waals surface area contributed by atoms with E-state index in [2.05, 4.69) is 0 Å². The van der Waals surface area contributed by atoms with Gasteiger partial charge in [-0.25, -0.2) is 0 Å². The van der Waals surface area contributed by atoms with Crippen molar-refractivity contribution < 1.29 is 14.3 Å². The van der Waals surface area contributed by atoms with Gasteiger partial charge in [0, 0.05) is 34.0 Å². The number of carbonyl (C=O) groups excluding carboxylic acids is 1. The molecule has 1 unspecified atom stereocenters. The van der Waals surface area contributed by atoms with E-state index in [4.69, 9.17) is 32.7 Å². The molecule has 1 heterocycles. The van der Waals surface area contributed by atoms with Crippen molar-refractivity contribution in [3.63, 3.8) is 0 Å². The Morgan fingerprint density at radius 2 is 1.93 bits per heavy atom. The van der Waals surface area contributed by atoms with E-state index in [0.717, 1.165) is 16.9 Å². The topological polar surface area (TPSA) is 38.8 Å². The standard InChI is InChI=1S/C20H19Cl2NO3S/c1-25-17-7-3-13(11-18(17)26-2)4-8-19(24)23-9-10-27-20(23)15-6-5-14(21)12-16(15)22/h3-8,11-12,20H,9-10H2,1-2H3/b8-4+. The first-order valence-corrected chi connectivity index (χ1v) is 10.1. The Labute approximate surface area is 173 Å². The number of ether oxygens (including phenoxy) is 2. The fourth-order valence-electron chi connectivity index (χ4n) is 2.87. The third-order valence-electron chi connectivity index (χ3n) is 4.23. The number of hydrogen-bond acceptors (Lipinski definition) is 4. The van der Waals surface area contributed by atoms with Crippen molar-refractivity contribution in [1.82, 2.24) is 4.90 Å². The van der Waals surface area contributed by atoms with Crippen molar-refractivity contribution in [2.45, 2.75) is 5.37 Å². The molecule has 27 heavy (non-hydrogen) atoms. The van der Waals surface area contributed by atoms with Crippen LogP contribution in [0, 0.1) is 0 Å². The number of nitrogens with zero attached hydrogens (tertiary/aromatic N) is 1. The molecule has 1 aliphatic heterocycles. The molecule has 2 aromatic carbocycles.